The second-order valence-corrected chi connectivity index (χ2v) is 11.0. The van der Waals surface area contributed by atoms with Crippen molar-refractivity contribution in [3.05, 3.63) is 68.4 Å². The molecule has 3 aliphatic heterocycles. The Hall–Kier alpha value is -1.80. The molecule has 5 nitrogen and oxygen atoms in total. The maximum Gasteiger partial charge on any atom is 0.315 e. The number of aryl methyl sites for hydroxylation is 1. The molecule has 3 heterocycles. The number of fused-ring (bicyclic) bond motifs is 2. The lowest BCUT2D eigenvalue weighted by Crippen LogP contribution is -2.62. The molecule has 2 aromatic carbocycles. The highest BCUT2D eigenvalue weighted by atomic mass is 35.5. The van der Waals surface area contributed by atoms with Crippen molar-refractivity contribution >= 4 is 46.9 Å². The van der Waals surface area contributed by atoms with Gasteiger partial charge in [0.25, 0.3) is 0 Å². The van der Waals surface area contributed by atoms with E-state index in [1.165, 1.54) is 23.1 Å². The van der Waals surface area contributed by atoms with Crippen molar-refractivity contribution in [2.45, 2.75) is 43.1 Å². The normalized spacial score (nSPS) is 23.2. The Morgan fingerprint density at radius 2 is 1.97 bits per heavy atom. The van der Waals surface area contributed by atoms with Gasteiger partial charge in [0.1, 0.15) is 5.60 Å². The van der Waals surface area contributed by atoms with Crippen LogP contribution in [0.1, 0.15) is 42.0 Å². The quantitative estimate of drug-likeness (QED) is 0.445. The van der Waals surface area contributed by atoms with Crippen LogP contribution in [0, 0.1) is 5.82 Å². The van der Waals surface area contributed by atoms with Crippen molar-refractivity contribution in [1.82, 2.24) is 4.90 Å². The Kier molecular flexibility index (Phi) is 5.44. The third-order valence-corrected chi connectivity index (χ3v) is 8.27. The third-order valence-electron chi connectivity index (χ3n) is 6.58. The highest BCUT2D eigenvalue weighted by Crippen LogP contribution is 2.48. The van der Waals surface area contributed by atoms with Crippen molar-refractivity contribution in [1.29, 1.82) is 0 Å². The molecule has 3 aliphatic rings. The molecule has 0 aromatic heterocycles. The number of urea groups is 1. The lowest BCUT2D eigenvalue weighted by Gasteiger charge is -2.46. The molecule has 9 heteroatoms. The second kappa shape index (κ2) is 7.90. The summed E-state index contributed by atoms with van der Waals surface area (Å²) in [6, 6.07) is 9.32. The average molecular weight is 494 g/mol. The number of rotatable bonds is 4. The van der Waals surface area contributed by atoms with E-state index >= 15 is 0 Å². The zero-order valence-corrected chi connectivity index (χ0v) is 19.8. The van der Waals surface area contributed by atoms with Gasteiger partial charge in [0.05, 0.1) is 34.5 Å². The summed E-state index contributed by atoms with van der Waals surface area (Å²) in [4.78, 5) is 12.9. The monoisotopic (exact) mass is 493 g/mol. The highest BCUT2D eigenvalue weighted by molar-refractivity contribution is 7.99. The molecule has 0 saturated carbocycles. The van der Waals surface area contributed by atoms with Gasteiger partial charge in [0.15, 0.2) is 5.82 Å². The van der Waals surface area contributed by atoms with Gasteiger partial charge in [0, 0.05) is 12.1 Å². The number of primary amides is 1. The number of carbonyl (C=O) groups excluding carboxylic acids is 1. The number of nitrogens with two attached hydrogens (primary N) is 1. The number of nitrogens with zero attached hydrogens (tertiary/aromatic N) is 2. The number of carbonyl (C=O) groups is 1. The number of hydrogen-bond donors (Lipinski definition) is 1. The maximum absolute atomic E-state index is 13.8. The van der Waals surface area contributed by atoms with Gasteiger partial charge in [-0.1, -0.05) is 41.4 Å². The average Bonchev–Trinajstić information content (AvgIpc) is 3.30. The first-order valence-electron chi connectivity index (χ1n) is 10.4. The largest absolute Gasteiger partial charge is 0.362 e. The minimum absolute atomic E-state index is 0.0336. The fourth-order valence-electron chi connectivity index (χ4n) is 4.71. The number of ether oxygens (including phenoxy) is 1. The van der Waals surface area contributed by atoms with E-state index in [4.69, 9.17) is 33.7 Å². The van der Waals surface area contributed by atoms with Crippen LogP contribution in [0.15, 0.2) is 34.7 Å². The summed E-state index contributed by atoms with van der Waals surface area (Å²) in [5.74, 6) is -0.587. The van der Waals surface area contributed by atoms with E-state index in [2.05, 4.69) is 29.5 Å². The molecule has 0 radical (unpaired) electrons. The van der Waals surface area contributed by atoms with E-state index in [0.717, 1.165) is 36.1 Å². The number of halogens is 3. The second-order valence-electron chi connectivity index (χ2n) is 8.88. The van der Waals surface area contributed by atoms with E-state index < -0.39 is 17.4 Å². The third kappa shape index (κ3) is 3.69. The summed E-state index contributed by atoms with van der Waals surface area (Å²) in [6.07, 6.45) is 2.47. The van der Waals surface area contributed by atoms with Gasteiger partial charge >= 0.3 is 6.03 Å². The fourth-order valence-corrected chi connectivity index (χ4v) is 6.13. The number of likely N-dealkylation sites (tertiary alicyclic amines) is 1. The number of amides is 2. The summed E-state index contributed by atoms with van der Waals surface area (Å²) in [5.41, 5.74) is 10.5. The van der Waals surface area contributed by atoms with Crippen LogP contribution in [0.25, 0.3) is 0 Å². The molecule has 168 valence electrons. The van der Waals surface area contributed by atoms with Crippen LogP contribution in [0.4, 0.5) is 9.18 Å². The SMILES string of the molecule is CC1(c2cc(Cl)c(F)c(Cl)c2)CC(CCc2ccc3c(c2)COC32CN(C(N)=O)C2)=NS1. The Bertz CT molecular complexity index is 1130. The molecular weight excluding hydrogens is 472 g/mol. The highest BCUT2D eigenvalue weighted by Gasteiger charge is 2.51. The zero-order chi connectivity index (χ0) is 22.7. The Balaban J connectivity index is 1.23. The van der Waals surface area contributed by atoms with Crippen LogP contribution >= 0.6 is 35.1 Å². The van der Waals surface area contributed by atoms with E-state index in [0.29, 0.717) is 19.7 Å². The van der Waals surface area contributed by atoms with Gasteiger partial charge in [0.2, 0.25) is 0 Å². The molecule has 1 spiro atoms. The van der Waals surface area contributed by atoms with E-state index in [-0.39, 0.29) is 14.8 Å². The summed E-state index contributed by atoms with van der Waals surface area (Å²) in [7, 11) is 0. The van der Waals surface area contributed by atoms with Gasteiger partial charge in [-0.3, -0.25) is 0 Å². The molecule has 5 rings (SSSR count). The van der Waals surface area contributed by atoms with E-state index in [1.54, 1.807) is 17.0 Å². The molecule has 2 N–H and O–H groups in total. The summed E-state index contributed by atoms with van der Waals surface area (Å²) < 4.78 is 24.2. The fraction of sp³-hybridized carbons (Fsp3) is 0.391. The number of hydrogen-bond acceptors (Lipinski definition) is 4. The Morgan fingerprint density at radius 1 is 1.25 bits per heavy atom. The predicted molar refractivity (Wildman–Crippen MR) is 126 cm³/mol. The van der Waals surface area contributed by atoms with Gasteiger partial charge < -0.3 is 15.4 Å². The summed E-state index contributed by atoms with van der Waals surface area (Å²) in [5, 5.41) is 0.0673. The van der Waals surface area contributed by atoms with Crippen molar-refractivity contribution in [3.8, 4) is 0 Å². The first-order chi connectivity index (χ1) is 15.2. The maximum atomic E-state index is 13.8. The summed E-state index contributed by atoms with van der Waals surface area (Å²) in [6.45, 7) is 3.66. The topological polar surface area (TPSA) is 67.9 Å². The van der Waals surface area contributed by atoms with Crippen molar-refractivity contribution in [2.75, 3.05) is 13.1 Å². The first-order valence-corrected chi connectivity index (χ1v) is 11.9. The van der Waals surface area contributed by atoms with Crippen LogP contribution in [-0.4, -0.2) is 29.7 Å². The van der Waals surface area contributed by atoms with Gasteiger partial charge in [-0.2, -0.15) is 0 Å². The number of benzene rings is 2. The molecule has 0 aliphatic carbocycles. The zero-order valence-electron chi connectivity index (χ0n) is 17.5. The van der Waals surface area contributed by atoms with Crippen LogP contribution in [0.5, 0.6) is 0 Å². The predicted octanol–water partition coefficient (Wildman–Crippen LogP) is 5.59. The Morgan fingerprint density at radius 3 is 2.66 bits per heavy atom. The molecule has 2 aromatic rings. The van der Waals surface area contributed by atoms with Gasteiger partial charge in [-0.05, 0) is 66.1 Å². The van der Waals surface area contributed by atoms with E-state index in [1.807, 2.05) is 0 Å². The molecule has 1 atom stereocenters. The lowest BCUT2D eigenvalue weighted by atomic mass is 9.84. The Labute approximate surface area is 200 Å². The minimum atomic E-state index is -0.587. The van der Waals surface area contributed by atoms with Crippen LogP contribution < -0.4 is 5.73 Å². The van der Waals surface area contributed by atoms with Crippen molar-refractivity contribution in [2.24, 2.45) is 10.1 Å². The van der Waals surface area contributed by atoms with Crippen LogP contribution in [-0.2, 0) is 28.1 Å². The minimum Gasteiger partial charge on any atom is -0.362 e. The molecule has 32 heavy (non-hydrogen) atoms. The van der Waals surface area contributed by atoms with Crippen molar-refractivity contribution < 1.29 is 13.9 Å². The van der Waals surface area contributed by atoms with E-state index in [9.17, 15) is 9.18 Å². The van der Waals surface area contributed by atoms with Gasteiger partial charge in [-0.15, -0.1) is 0 Å². The molecule has 1 saturated heterocycles. The van der Waals surface area contributed by atoms with Crippen LogP contribution in [0.3, 0.4) is 0 Å². The standard InChI is InChI=1S/C23H22Cl2FN3O2S/c1-22(15-7-18(24)20(26)19(25)8-15)9-16(28-32-22)4-2-13-3-5-17-14(6-13)10-31-23(17)11-29(12-23)21(27)30/h3,5-8H,2,4,9-12H2,1H3,(H2,27,30). The van der Waals surface area contributed by atoms with Gasteiger partial charge in [-0.25, -0.2) is 13.6 Å². The molecule has 1 fully saturated rings. The molecule has 0 bridgehead atoms. The smallest absolute Gasteiger partial charge is 0.315 e. The van der Waals surface area contributed by atoms with Crippen molar-refractivity contribution in [3.63, 3.8) is 0 Å². The van der Waals surface area contributed by atoms with Crippen LogP contribution in [0.2, 0.25) is 10.0 Å². The molecular formula is C23H22Cl2FN3O2S. The molecule has 1 unspecified atom stereocenters. The summed E-state index contributed by atoms with van der Waals surface area (Å²) >= 11 is 13.5. The molecule has 2 amide bonds. The first kappa shape index (κ1) is 22.0. The lowest BCUT2D eigenvalue weighted by molar-refractivity contribution is -0.123.